The van der Waals surface area contributed by atoms with Gasteiger partial charge in [0.1, 0.15) is 5.75 Å². The maximum atomic E-state index is 12.2. The fourth-order valence-corrected chi connectivity index (χ4v) is 4.46. The first-order valence-corrected chi connectivity index (χ1v) is 12.4. The lowest BCUT2D eigenvalue weighted by molar-refractivity contribution is -0.0644. The van der Waals surface area contributed by atoms with E-state index in [-0.39, 0.29) is 24.5 Å². The summed E-state index contributed by atoms with van der Waals surface area (Å²) in [5.41, 5.74) is 1.19. The highest BCUT2D eigenvalue weighted by Crippen LogP contribution is 2.32. The number of aliphatic hydroxyl groups excluding tert-OH is 2. The normalized spacial score (nSPS) is 18.7. The Hall–Kier alpha value is -2.69. The van der Waals surface area contributed by atoms with Gasteiger partial charge in [0, 0.05) is 25.2 Å². The molecule has 0 spiro atoms. The van der Waals surface area contributed by atoms with Gasteiger partial charge in [0.2, 0.25) is 5.89 Å². The maximum absolute atomic E-state index is 12.2. The van der Waals surface area contributed by atoms with E-state index in [2.05, 4.69) is 27.3 Å². The number of hydrogen-bond donors (Lipinski definition) is 3. The molecule has 0 bridgehead atoms. The highest BCUT2D eigenvalue weighted by atomic mass is 16.5. The number of carbonyl (C=O) groups is 1. The number of anilines is 1. The first kappa shape index (κ1) is 25.4. The number of benzene rings is 1. The summed E-state index contributed by atoms with van der Waals surface area (Å²) >= 11 is 0. The number of piperidine rings is 1. The quantitative estimate of drug-likeness (QED) is 0.406. The van der Waals surface area contributed by atoms with Crippen molar-refractivity contribution in [2.24, 2.45) is 5.92 Å². The number of aryl methyl sites for hydroxylation is 1. The Morgan fingerprint density at radius 3 is 2.77 bits per heavy atom. The Labute approximate surface area is 205 Å². The van der Waals surface area contributed by atoms with Gasteiger partial charge in [-0.25, -0.2) is 0 Å². The average Bonchev–Trinajstić information content (AvgIpc) is 3.34. The van der Waals surface area contributed by atoms with Gasteiger partial charge >= 0.3 is 0 Å². The van der Waals surface area contributed by atoms with Gasteiger partial charge in [-0.1, -0.05) is 0 Å². The number of carbonyl (C=O) groups excluding carboxylic acids is 1. The van der Waals surface area contributed by atoms with Crippen molar-refractivity contribution in [1.29, 1.82) is 0 Å². The highest BCUT2D eigenvalue weighted by molar-refractivity contribution is 5.95. The second-order valence-electron chi connectivity index (χ2n) is 9.90. The maximum Gasteiger partial charge on any atom is 0.266 e. The molecular formula is C25H36N4O6. The monoisotopic (exact) mass is 488 g/mol. The predicted molar refractivity (Wildman–Crippen MR) is 129 cm³/mol. The summed E-state index contributed by atoms with van der Waals surface area (Å²) in [4.78, 5) is 19.1. The Bertz CT molecular complexity index is 984. The van der Waals surface area contributed by atoms with E-state index in [0.717, 1.165) is 50.1 Å². The van der Waals surface area contributed by atoms with E-state index in [4.69, 9.17) is 19.1 Å². The summed E-state index contributed by atoms with van der Waals surface area (Å²) in [5, 5.41) is 25.0. The first-order chi connectivity index (χ1) is 16.9. The van der Waals surface area contributed by atoms with Crippen LogP contribution in [0.15, 0.2) is 22.7 Å². The molecule has 192 valence electrons. The standard InChI is InChI=1S/C25H36N4O6/c1-17-12-20(5-6-21(17)22(32)26-13-19(31)14-30)34-11-3-4-18-7-9-29(10-8-18)24-27-23(35-28-24)25(2)15-33-16-25/h5-6,12,18-19,30-31H,3-4,7-11,13-16H2,1-2H3,(H,26,32)/t19-/m0/s1. The number of rotatable bonds is 11. The van der Waals surface area contributed by atoms with E-state index >= 15 is 0 Å². The third-order valence-electron chi connectivity index (χ3n) is 6.85. The summed E-state index contributed by atoms with van der Waals surface area (Å²) in [7, 11) is 0. The van der Waals surface area contributed by atoms with Crippen molar-refractivity contribution in [1.82, 2.24) is 15.5 Å². The topological polar surface area (TPSA) is 130 Å². The Kier molecular flexibility index (Phi) is 8.25. The van der Waals surface area contributed by atoms with Crippen molar-refractivity contribution in [3.63, 3.8) is 0 Å². The minimum absolute atomic E-state index is 0.0109. The lowest BCUT2D eigenvalue weighted by atomic mass is 9.89. The SMILES string of the molecule is Cc1cc(OCCCC2CCN(c3noc(C4(C)COC4)n3)CC2)ccc1C(=O)NC[C@H](O)CO. The van der Waals surface area contributed by atoms with E-state index in [1.165, 1.54) is 0 Å². The van der Waals surface area contributed by atoms with Crippen molar-refractivity contribution < 1.29 is 29.0 Å². The molecule has 0 saturated carbocycles. The van der Waals surface area contributed by atoms with Crippen LogP contribution in [0, 0.1) is 12.8 Å². The number of nitrogens with one attached hydrogen (secondary N) is 1. The van der Waals surface area contributed by atoms with Gasteiger partial charge in [0.15, 0.2) is 0 Å². The van der Waals surface area contributed by atoms with Crippen LogP contribution in [0.5, 0.6) is 5.75 Å². The zero-order valence-corrected chi connectivity index (χ0v) is 20.5. The zero-order chi connectivity index (χ0) is 24.8. The van der Waals surface area contributed by atoms with Gasteiger partial charge in [0.25, 0.3) is 11.9 Å². The molecule has 3 heterocycles. The van der Waals surface area contributed by atoms with Crippen LogP contribution in [0.2, 0.25) is 0 Å². The summed E-state index contributed by atoms with van der Waals surface area (Å²) < 4.78 is 16.7. The lowest BCUT2D eigenvalue weighted by Crippen LogP contribution is -2.44. The van der Waals surface area contributed by atoms with Gasteiger partial charge in [-0.2, -0.15) is 4.98 Å². The van der Waals surface area contributed by atoms with Crippen LogP contribution in [0.3, 0.4) is 0 Å². The van der Waals surface area contributed by atoms with E-state index in [1.54, 1.807) is 12.1 Å². The number of nitrogens with zero attached hydrogens (tertiary/aromatic N) is 3. The largest absolute Gasteiger partial charge is 0.494 e. The zero-order valence-electron chi connectivity index (χ0n) is 20.5. The van der Waals surface area contributed by atoms with Crippen LogP contribution in [-0.2, 0) is 10.2 Å². The fourth-order valence-electron chi connectivity index (χ4n) is 4.46. The predicted octanol–water partition coefficient (Wildman–Crippen LogP) is 1.82. The molecule has 1 atom stereocenters. The molecule has 2 saturated heterocycles. The molecule has 4 rings (SSSR count). The molecule has 1 aromatic heterocycles. The van der Waals surface area contributed by atoms with Crippen molar-refractivity contribution in [3.8, 4) is 5.75 Å². The first-order valence-electron chi connectivity index (χ1n) is 12.4. The molecule has 35 heavy (non-hydrogen) atoms. The number of amides is 1. The van der Waals surface area contributed by atoms with Gasteiger partial charge < -0.3 is 34.4 Å². The van der Waals surface area contributed by atoms with Crippen LogP contribution < -0.4 is 15.0 Å². The van der Waals surface area contributed by atoms with Gasteiger partial charge in [0.05, 0.1) is 37.9 Å². The van der Waals surface area contributed by atoms with E-state index in [0.29, 0.717) is 43.1 Å². The van der Waals surface area contributed by atoms with Crippen molar-refractivity contribution in [2.75, 3.05) is 51.0 Å². The van der Waals surface area contributed by atoms with Crippen LogP contribution in [0.4, 0.5) is 5.95 Å². The minimum Gasteiger partial charge on any atom is -0.494 e. The Balaban J connectivity index is 1.15. The molecule has 10 heteroatoms. The third kappa shape index (κ3) is 6.31. The van der Waals surface area contributed by atoms with Crippen molar-refractivity contribution in [2.45, 2.75) is 51.0 Å². The molecule has 2 aromatic rings. The minimum atomic E-state index is -0.961. The Morgan fingerprint density at radius 1 is 1.34 bits per heavy atom. The third-order valence-corrected chi connectivity index (χ3v) is 6.85. The molecule has 1 amide bonds. The van der Waals surface area contributed by atoms with Crippen LogP contribution >= 0.6 is 0 Å². The van der Waals surface area contributed by atoms with Gasteiger partial charge in [-0.15, -0.1) is 0 Å². The molecule has 10 nitrogen and oxygen atoms in total. The summed E-state index contributed by atoms with van der Waals surface area (Å²) in [6.45, 7) is 7.31. The number of aliphatic hydroxyl groups is 2. The van der Waals surface area contributed by atoms with E-state index < -0.39 is 6.10 Å². The van der Waals surface area contributed by atoms with Gasteiger partial charge in [-0.05, 0) is 74.4 Å². The van der Waals surface area contributed by atoms with Crippen molar-refractivity contribution >= 4 is 11.9 Å². The highest BCUT2D eigenvalue weighted by Gasteiger charge is 2.41. The summed E-state index contributed by atoms with van der Waals surface area (Å²) in [6.07, 6.45) is 3.30. The molecule has 3 N–H and O–H groups in total. The van der Waals surface area contributed by atoms with Gasteiger partial charge in [-0.3, -0.25) is 4.79 Å². The summed E-state index contributed by atoms with van der Waals surface area (Å²) in [6, 6.07) is 5.37. The van der Waals surface area contributed by atoms with Crippen LogP contribution in [-0.4, -0.2) is 78.4 Å². The second-order valence-corrected chi connectivity index (χ2v) is 9.90. The average molecular weight is 489 g/mol. The Morgan fingerprint density at radius 2 is 2.11 bits per heavy atom. The fraction of sp³-hybridized carbons (Fsp3) is 0.640. The number of ether oxygens (including phenoxy) is 2. The molecule has 1 aromatic carbocycles. The molecule has 0 radical (unpaired) electrons. The van der Waals surface area contributed by atoms with E-state index in [1.807, 2.05) is 13.0 Å². The van der Waals surface area contributed by atoms with Crippen LogP contribution in [0.25, 0.3) is 0 Å². The van der Waals surface area contributed by atoms with Crippen molar-refractivity contribution in [3.05, 3.63) is 35.2 Å². The molecule has 2 fully saturated rings. The molecule has 2 aliphatic heterocycles. The number of hydrogen-bond acceptors (Lipinski definition) is 9. The second kappa shape index (κ2) is 11.4. The smallest absolute Gasteiger partial charge is 0.266 e. The lowest BCUT2D eigenvalue weighted by Gasteiger charge is -2.34. The molecule has 0 unspecified atom stereocenters. The molecule has 0 aliphatic carbocycles. The molecular weight excluding hydrogens is 452 g/mol. The van der Waals surface area contributed by atoms with Crippen LogP contribution in [0.1, 0.15) is 54.4 Å². The number of aromatic nitrogens is 2. The molecule has 2 aliphatic rings. The summed E-state index contributed by atoms with van der Waals surface area (Å²) in [5.74, 6) is 2.47. The van der Waals surface area contributed by atoms with E-state index in [9.17, 15) is 9.90 Å².